The zero-order valence-corrected chi connectivity index (χ0v) is 18.5. The molecular weight excluding hydrogens is 464 g/mol. The summed E-state index contributed by atoms with van der Waals surface area (Å²) in [5, 5.41) is 11.6. The fourth-order valence-corrected chi connectivity index (χ4v) is 3.77. The maximum absolute atomic E-state index is 13.5. The van der Waals surface area contributed by atoms with Crippen LogP contribution in [0, 0.1) is 5.82 Å². The van der Waals surface area contributed by atoms with E-state index in [1.807, 2.05) is 18.2 Å². The second-order valence-electron chi connectivity index (χ2n) is 7.37. The molecule has 1 amide bonds. The van der Waals surface area contributed by atoms with E-state index in [2.05, 4.69) is 20.7 Å². The molecule has 164 valence electrons. The number of hydrogen-bond donors (Lipinski definition) is 2. The Morgan fingerprint density at radius 3 is 2.24 bits per heavy atom. The summed E-state index contributed by atoms with van der Waals surface area (Å²) < 4.78 is 15.2. The Kier molecular flexibility index (Phi) is 5.58. The van der Waals surface area contributed by atoms with E-state index in [1.165, 1.54) is 12.1 Å². The average molecular weight is 480 g/mol. The van der Waals surface area contributed by atoms with Gasteiger partial charge in [-0.25, -0.2) is 9.07 Å². The van der Waals surface area contributed by atoms with Gasteiger partial charge in [0, 0.05) is 21.3 Å². The molecule has 4 aromatic rings. The molecule has 1 aliphatic heterocycles. The number of anilines is 2. The third kappa shape index (κ3) is 4.46. The molecule has 1 atom stereocenters. The largest absolute Gasteiger partial charge is 0.324 e. The van der Waals surface area contributed by atoms with Crippen LogP contribution >= 0.6 is 23.2 Å². The molecule has 3 aromatic carbocycles. The summed E-state index contributed by atoms with van der Waals surface area (Å²) >= 11 is 11.9. The molecule has 0 saturated heterocycles. The maximum Gasteiger partial charge on any atom is 0.258 e. The number of halogens is 3. The lowest BCUT2D eigenvalue weighted by molar-refractivity contribution is 0.102. The predicted molar refractivity (Wildman–Crippen MR) is 127 cm³/mol. The predicted octanol–water partition coefficient (Wildman–Crippen LogP) is 6.03. The Bertz CT molecular complexity index is 1350. The third-order valence-electron chi connectivity index (χ3n) is 5.16. The number of hydrogen-bond acceptors (Lipinski definition) is 4. The summed E-state index contributed by atoms with van der Waals surface area (Å²) in [5.74, 6) is -0.123. The van der Waals surface area contributed by atoms with Crippen molar-refractivity contribution in [2.45, 2.75) is 6.04 Å². The van der Waals surface area contributed by atoms with Crippen molar-refractivity contribution in [1.29, 1.82) is 0 Å². The Morgan fingerprint density at radius 2 is 1.58 bits per heavy atom. The van der Waals surface area contributed by atoms with Gasteiger partial charge in [0.15, 0.2) is 0 Å². The van der Waals surface area contributed by atoms with E-state index in [0.29, 0.717) is 21.6 Å². The van der Waals surface area contributed by atoms with Crippen LogP contribution in [0.1, 0.15) is 27.5 Å². The first-order valence-corrected chi connectivity index (χ1v) is 10.8. The van der Waals surface area contributed by atoms with Crippen molar-refractivity contribution in [3.8, 4) is 0 Å². The van der Waals surface area contributed by atoms with Gasteiger partial charge in [-0.05, 0) is 65.7 Å². The molecule has 33 heavy (non-hydrogen) atoms. The van der Waals surface area contributed by atoms with Crippen LogP contribution in [0.15, 0.2) is 78.9 Å². The Labute approximate surface area is 198 Å². The highest BCUT2D eigenvalue weighted by atomic mass is 35.5. The number of nitrogens with one attached hydrogen (secondary N) is 2. The van der Waals surface area contributed by atoms with Crippen molar-refractivity contribution in [1.82, 2.24) is 14.8 Å². The normalized spacial score (nSPS) is 14.8. The third-order valence-corrected chi connectivity index (χ3v) is 5.67. The van der Waals surface area contributed by atoms with Crippen molar-refractivity contribution < 1.29 is 9.18 Å². The van der Waals surface area contributed by atoms with Crippen LogP contribution in [0.4, 0.5) is 16.3 Å². The summed E-state index contributed by atoms with van der Waals surface area (Å²) in [6.45, 7) is 0. The minimum absolute atomic E-state index is 0.135. The molecule has 0 spiro atoms. The quantitative estimate of drug-likeness (QED) is 0.374. The highest BCUT2D eigenvalue weighted by Crippen LogP contribution is 2.33. The topological polar surface area (TPSA) is 71.8 Å². The van der Waals surface area contributed by atoms with Gasteiger partial charge < -0.3 is 5.32 Å². The minimum Gasteiger partial charge on any atom is -0.324 e. The maximum atomic E-state index is 13.5. The number of aromatic nitrogens is 3. The first-order chi connectivity index (χ1) is 16.0. The van der Waals surface area contributed by atoms with E-state index in [9.17, 15) is 9.18 Å². The molecule has 2 heterocycles. The number of allylic oxidation sites excluding steroid dienone is 1. The number of benzene rings is 3. The van der Waals surface area contributed by atoms with Crippen LogP contribution in [0.2, 0.25) is 10.0 Å². The van der Waals surface area contributed by atoms with Gasteiger partial charge in [-0.15, -0.1) is 5.10 Å². The number of amides is 1. The Morgan fingerprint density at radius 1 is 0.939 bits per heavy atom. The molecular formula is C24H16Cl2FN5O. The van der Waals surface area contributed by atoms with Gasteiger partial charge in [-0.3, -0.25) is 10.1 Å². The van der Waals surface area contributed by atoms with Gasteiger partial charge >= 0.3 is 0 Å². The molecule has 0 radical (unpaired) electrons. The standard InChI is InChI=1S/C24H16Cl2FN5O/c25-17-7-1-14(2-8-17)20-13-21(15-5-11-19(27)12-6-15)32-24(28-20)30-23(31-32)29-22(33)16-3-9-18(26)10-4-16/h1-13,21H,(H2,28,29,30,31,33)/t21-/m0/s1. The van der Waals surface area contributed by atoms with Gasteiger partial charge in [0.1, 0.15) is 11.9 Å². The molecule has 0 fully saturated rings. The average Bonchev–Trinajstić information content (AvgIpc) is 3.22. The van der Waals surface area contributed by atoms with Crippen molar-refractivity contribution in [3.63, 3.8) is 0 Å². The van der Waals surface area contributed by atoms with E-state index in [-0.39, 0.29) is 23.7 Å². The second kappa shape index (κ2) is 8.69. The van der Waals surface area contributed by atoms with Crippen LogP contribution in [0.5, 0.6) is 0 Å². The first kappa shape index (κ1) is 21.2. The molecule has 1 aliphatic rings. The highest BCUT2D eigenvalue weighted by Gasteiger charge is 2.26. The van der Waals surface area contributed by atoms with E-state index in [4.69, 9.17) is 23.2 Å². The number of carbonyl (C=O) groups is 1. The molecule has 1 aromatic heterocycles. The van der Waals surface area contributed by atoms with Crippen molar-refractivity contribution in [2.75, 3.05) is 10.6 Å². The summed E-state index contributed by atoms with van der Waals surface area (Å²) in [5.41, 5.74) is 2.92. The van der Waals surface area contributed by atoms with Crippen LogP contribution < -0.4 is 10.6 Å². The van der Waals surface area contributed by atoms with Gasteiger partial charge in [0.05, 0.1) is 0 Å². The van der Waals surface area contributed by atoms with Crippen molar-refractivity contribution >= 4 is 46.7 Å². The summed E-state index contributed by atoms with van der Waals surface area (Å²) in [6.07, 6.45) is 1.96. The fourth-order valence-electron chi connectivity index (χ4n) is 3.52. The highest BCUT2D eigenvalue weighted by molar-refractivity contribution is 6.31. The van der Waals surface area contributed by atoms with Crippen LogP contribution in [0.3, 0.4) is 0 Å². The number of fused-ring (bicyclic) bond motifs is 1. The smallest absolute Gasteiger partial charge is 0.258 e. The molecule has 0 unspecified atom stereocenters. The van der Waals surface area contributed by atoms with Gasteiger partial charge in [-0.1, -0.05) is 47.5 Å². The van der Waals surface area contributed by atoms with Gasteiger partial charge in [0.2, 0.25) is 5.95 Å². The Balaban J connectivity index is 1.50. The van der Waals surface area contributed by atoms with E-state index in [0.717, 1.165) is 16.8 Å². The SMILES string of the molecule is O=C(Nc1nc2n(n1)[C@H](c1ccc(F)cc1)C=C(c1ccc(Cl)cc1)N2)c1ccc(Cl)cc1. The zero-order valence-electron chi connectivity index (χ0n) is 17.0. The molecule has 5 rings (SSSR count). The van der Waals surface area contributed by atoms with Crippen LogP contribution in [-0.4, -0.2) is 20.7 Å². The lowest BCUT2D eigenvalue weighted by Crippen LogP contribution is -2.20. The number of carbonyl (C=O) groups excluding carboxylic acids is 1. The molecule has 0 bridgehead atoms. The lowest BCUT2D eigenvalue weighted by Gasteiger charge is -2.24. The van der Waals surface area contributed by atoms with Crippen LogP contribution in [-0.2, 0) is 0 Å². The molecule has 9 heteroatoms. The number of rotatable bonds is 4. The molecule has 0 aliphatic carbocycles. The summed E-state index contributed by atoms with van der Waals surface area (Å²) in [4.78, 5) is 17.1. The van der Waals surface area contributed by atoms with Gasteiger partial charge in [-0.2, -0.15) is 4.98 Å². The minimum atomic E-state index is -0.374. The first-order valence-electron chi connectivity index (χ1n) is 10.00. The number of nitrogens with zero attached hydrogens (tertiary/aromatic N) is 3. The monoisotopic (exact) mass is 479 g/mol. The molecule has 6 nitrogen and oxygen atoms in total. The van der Waals surface area contributed by atoms with E-state index < -0.39 is 0 Å². The van der Waals surface area contributed by atoms with Crippen molar-refractivity contribution in [3.05, 3.63) is 111 Å². The van der Waals surface area contributed by atoms with E-state index >= 15 is 0 Å². The van der Waals surface area contributed by atoms with Crippen molar-refractivity contribution in [2.24, 2.45) is 0 Å². The van der Waals surface area contributed by atoms with Gasteiger partial charge in [0.25, 0.3) is 11.9 Å². The fraction of sp³-hybridized carbons (Fsp3) is 0.0417. The van der Waals surface area contributed by atoms with Crippen LogP contribution in [0.25, 0.3) is 5.70 Å². The second-order valence-corrected chi connectivity index (χ2v) is 8.25. The summed E-state index contributed by atoms with van der Waals surface area (Å²) in [6, 6.07) is 19.7. The molecule has 2 N–H and O–H groups in total. The Hall–Kier alpha value is -3.68. The van der Waals surface area contributed by atoms with E-state index in [1.54, 1.807) is 53.2 Å². The molecule has 0 saturated carbocycles. The zero-order chi connectivity index (χ0) is 22.9. The summed E-state index contributed by atoms with van der Waals surface area (Å²) in [7, 11) is 0. The lowest BCUT2D eigenvalue weighted by atomic mass is 10.0.